The summed E-state index contributed by atoms with van der Waals surface area (Å²) in [6.07, 6.45) is 0.733. The van der Waals surface area contributed by atoms with E-state index in [4.69, 9.17) is 24.6 Å². The summed E-state index contributed by atoms with van der Waals surface area (Å²) in [7, 11) is 0. The average molecular weight is 367 g/mol. The van der Waals surface area contributed by atoms with Crippen LogP contribution in [0.15, 0.2) is 18.3 Å². The van der Waals surface area contributed by atoms with Gasteiger partial charge in [-0.25, -0.2) is 9.78 Å². The SMILES string of the molecule is [2H]C([2H])([2H])C1(C([2H])([2H])[2H])CN(c2nc(Cl)ncc2C(=O)OC(C)C)c2ccc(C)nc21. The minimum absolute atomic E-state index is 0.0482. The standard InChI is InChI=1S/C18H21ClN4O2/c1-10(2)25-16(24)12-8-20-17(19)22-15(12)23-9-18(4,5)14-13(23)7-6-11(3)21-14/h6-8,10H,9H2,1-5H3/i4D3,5D3. The van der Waals surface area contributed by atoms with Crippen LogP contribution in [0.4, 0.5) is 11.5 Å². The van der Waals surface area contributed by atoms with Crippen molar-refractivity contribution in [2.24, 2.45) is 0 Å². The molecular formula is C18H21ClN4O2. The number of fused-ring (bicyclic) bond motifs is 1. The Balaban J connectivity index is 2.29. The number of aryl methyl sites for hydroxylation is 1. The Labute approximate surface area is 160 Å². The van der Waals surface area contributed by atoms with Crippen LogP contribution in [0.1, 0.15) is 57.5 Å². The van der Waals surface area contributed by atoms with Crippen molar-refractivity contribution in [3.63, 3.8) is 0 Å². The largest absolute Gasteiger partial charge is 0.459 e. The monoisotopic (exact) mass is 366 g/mol. The molecule has 3 heterocycles. The fraction of sp³-hybridized carbons (Fsp3) is 0.444. The minimum Gasteiger partial charge on any atom is -0.459 e. The summed E-state index contributed by atoms with van der Waals surface area (Å²) in [4.78, 5) is 26.3. The third kappa shape index (κ3) is 3.31. The first-order valence-electron chi connectivity index (χ1n) is 10.7. The number of rotatable bonds is 3. The highest BCUT2D eigenvalue weighted by atomic mass is 35.5. The molecule has 2 aromatic heterocycles. The fourth-order valence-corrected chi connectivity index (χ4v) is 2.78. The minimum atomic E-state index is -2.93. The Kier molecular flexibility index (Phi) is 2.86. The van der Waals surface area contributed by atoms with E-state index in [2.05, 4.69) is 15.0 Å². The highest BCUT2D eigenvalue weighted by Gasteiger charge is 2.39. The van der Waals surface area contributed by atoms with Crippen molar-refractivity contribution in [2.45, 2.75) is 46.0 Å². The van der Waals surface area contributed by atoms with Gasteiger partial charge in [0.05, 0.1) is 17.5 Å². The molecule has 3 rings (SSSR count). The molecule has 1 aliphatic rings. The summed E-state index contributed by atoms with van der Waals surface area (Å²) in [6.45, 7) is -1.41. The molecule has 2 aromatic rings. The summed E-state index contributed by atoms with van der Waals surface area (Å²) in [5, 5.41) is -0.196. The van der Waals surface area contributed by atoms with Crippen LogP contribution < -0.4 is 4.90 Å². The smallest absolute Gasteiger partial charge is 0.343 e. The van der Waals surface area contributed by atoms with E-state index in [0.29, 0.717) is 5.69 Å². The molecular weight excluding hydrogens is 340 g/mol. The van der Waals surface area contributed by atoms with Gasteiger partial charge in [0.2, 0.25) is 5.28 Å². The molecule has 0 atom stereocenters. The van der Waals surface area contributed by atoms with Crippen LogP contribution in [-0.4, -0.2) is 33.6 Å². The molecule has 25 heavy (non-hydrogen) atoms. The summed E-state index contributed by atoms with van der Waals surface area (Å²) in [6, 6.07) is 3.18. The molecule has 0 amide bonds. The maximum atomic E-state index is 12.7. The van der Waals surface area contributed by atoms with E-state index in [0.717, 1.165) is 0 Å². The first kappa shape index (κ1) is 11.4. The number of esters is 1. The second kappa shape index (κ2) is 6.26. The van der Waals surface area contributed by atoms with Crippen LogP contribution >= 0.6 is 11.6 Å². The summed E-state index contributed by atoms with van der Waals surface area (Å²) in [5.41, 5.74) is -1.82. The average Bonchev–Trinajstić information content (AvgIpc) is 2.96. The third-order valence-electron chi connectivity index (χ3n) is 3.66. The highest BCUT2D eigenvalue weighted by Crippen LogP contribution is 2.43. The van der Waals surface area contributed by atoms with Gasteiger partial charge in [0.15, 0.2) is 5.82 Å². The van der Waals surface area contributed by atoms with Gasteiger partial charge in [-0.05, 0) is 44.5 Å². The molecule has 0 unspecified atom stereocenters. The first-order valence-corrected chi connectivity index (χ1v) is 8.06. The summed E-state index contributed by atoms with van der Waals surface area (Å²) in [5.74, 6) is -0.795. The Morgan fingerprint density at radius 1 is 1.40 bits per heavy atom. The van der Waals surface area contributed by atoms with Crippen LogP contribution in [0.25, 0.3) is 0 Å². The maximum absolute atomic E-state index is 12.7. The highest BCUT2D eigenvalue weighted by molar-refractivity contribution is 6.28. The Hall–Kier alpha value is -2.21. The third-order valence-corrected chi connectivity index (χ3v) is 3.84. The van der Waals surface area contributed by atoms with Crippen LogP contribution in [-0.2, 0) is 10.2 Å². The molecule has 0 fully saturated rings. The maximum Gasteiger partial charge on any atom is 0.343 e. The number of hydrogen-bond donors (Lipinski definition) is 0. The lowest BCUT2D eigenvalue weighted by Gasteiger charge is -2.23. The lowest BCUT2D eigenvalue weighted by Crippen LogP contribution is -2.28. The Morgan fingerprint density at radius 3 is 2.84 bits per heavy atom. The van der Waals surface area contributed by atoms with Crippen LogP contribution in [0, 0.1) is 6.92 Å². The molecule has 0 aliphatic carbocycles. The van der Waals surface area contributed by atoms with E-state index in [1.54, 1.807) is 32.9 Å². The van der Waals surface area contributed by atoms with E-state index >= 15 is 0 Å². The number of anilines is 2. The number of hydrogen-bond acceptors (Lipinski definition) is 6. The van der Waals surface area contributed by atoms with Crippen LogP contribution in [0.5, 0.6) is 0 Å². The van der Waals surface area contributed by atoms with Gasteiger partial charge in [-0.2, -0.15) is 4.98 Å². The number of halogens is 1. The van der Waals surface area contributed by atoms with Gasteiger partial charge in [-0.3, -0.25) is 4.98 Å². The van der Waals surface area contributed by atoms with Crippen molar-refractivity contribution in [3.05, 3.63) is 40.6 Å². The first-order chi connectivity index (χ1) is 14.2. The number of carbonyl (C=O) groups excluding carboxylic acids is 1. The molecule has 0 N–H and O–H groups in total. The molecule has 0 bridgehead atoms. The topological polar surface area (TPSA) is 68.2 Å². The van der Waals surface area contributed by atoms with Gasteiger partial charge in [0.25, 0.3) is 0 Å². The predicted octanol–water partition coefficient (Wildman–Crippen LogP) is 3.83. The van der Waals surface area contributed by atoms with Crippen molar-refractivity contribution in [2.75, 3.05) is 11.4 Å². The lowest BCUT2D eigenvalue weighted by molar-refractivity contribution is 0.0378. The van der Waals surface area contributed by atoms with Gasteiger partial charge in [0.1, 0.15) is 5.56 Å². The van der Waals surface area contributed by atoms with Crippen molar-refractivity contribution < 1.29 is 17.8 Å². The molecule has 0 spiro atoms. The van der Waals surface area contributed by atoms with Gasteiger partial charge in [-0.15, -0.1) is 0 Å². The van der Waals surface area contributed by atoms with E-state index in [9.17, 15) is 4.79 Å². The van der Waals surface area contributed by atoms with Gasteiger partial charge < -0.3 is 9.64 Å². The normalized spacial score (nSPS) is 20.0. The zero-order valence-corrected chi connectivity index (χ0v) is 14.8. The lowest BCUT2D eigenvalue weighted by atomic mass is 9.91. The second-order valence-corrected chi connectivity index (χ2v) is 6.48. The van der Waals surface area contributed by atoms with E-state index in [-0.39, 0.29) is 28.0 Å². The summed E-state index contributed by atoms with van der Waals surface area (Å²) >= 11 is 5.97. The van der Waals surface area contributed by atoms with Gasteiger partial charge in [0, 0.05) is 32.1 Å². The number of ether oxygens (including phenoxy) is 1. The summed E-state index contributed by atoms with van der Waals surface area (Å²) < 4.78 is 53.9. The zero-order chi connectivity index (χ0) is 23.4. The fourth-order valence-electron chi connectivity index (χ4n) is 2.65. The Morgan fingerprint density at radius 2 is 2.16 bits per heavy atom. The second-order valence-electron chi connectivity index (χ2n) is 6.14. The van der Waals surface area contributed by atoms with Gasteiger partial charge >= 0.3 is 5.97 Å². The molecule has 7 heteroatoms. The molecule has 0 radical (unpaired) electrons. The number of nitrogens with zero attached hydrogens (tertiary/aromatic N) is 4. The van der Waals surface area contributed by atoms with Crippen molar-refractivity contribution >= 4 is 29.1 Å². The molecule has 6 nitrogen and oxygen atoms in total. The predicted molar refractivity (Wildman–Crippen MR) is 96.6 cm³/mol. The van der Waals surface area contributed by atoms with Crippen LogP contribution in [0.3, 0.4) is 0 Å². The molecule has 1 aliphatic heterocycles. The number of pyridine rings is 1. The Bertz CT molecular complexity index is 1010. The molecule has 0 saturated carbocycles. The van der Waals surface area contributed by atoms with Gasteiger partial charge in [-0.1, -0.05) is 13.7 Å². The zero-order valence-electron chi connectivity index (χ0n) is 20.0. The number of carbonyl (C=O) groups is 1. The van der Waals surface area contributed by atoms with E-state index in [1.807, 2.05) is 0 Å². The number of aromatic nitrogens is 3. The van der Waals surface area contributed by atoms with Crippen molar-refractivity contribution in [1.29, 1.82) is 0 Å². The quantitative estimate of drug-likeness (QED) is 0.607. The molecule has 132 valence electrons. The van der Waals surface area contributed by atoms with Crippen molar-refractivity contribution in [3.8, 4) is 0 Å². The molecule has 0 saturated heterocycles. The van der Waals surface area contributed by atoms with E-state index in [1.165, 1.54) is 11.1 Å². The molecule has 0 aromatic carbocycles. The van der Waals surface area contributed by atoms with E-state index < -0.39 is 37.7 Å². The van der Waals surface area contributed by atoms with Crippen molar-refractivity contribution in [1.82, 2.24) is 15.0 Å². The van der Waals surface area contributed by atoms with Crippen LogP contribution in [0.2, 0.25) is 5.28 Å².